The number of thiophene rings is 1. The number of nitrogens with zero attached hydrogens (tertiary/aromatic N) is 2. The Morgan fingerprint density at radius 3 is 2.73 bits per heavy atom. The van der Waals surface area contributed by atoms with Crippen LogP contribution in [0.4, 0.5) is 10.7 Å². The molecule has 0 aliphatic carbocycles. The molecule has 2 aromatic rings. The molecule has 4 heterocycles. The smallest absolute Gasteiger partial charge is 0.264 e. The maximum Gasteiger partial charge on any atom is 0.264 e. The van der Waals surface area contributed by atoms with Gasteiger partial charge in [0.05, 0.1) is 17.0 Å². The van der Waals surface area contributed by atoms with E-state index in [1.165, 1.54) is 12.8 Å². The second kappa shape index (κ2) is 6.33. The molecule has 1 N–H and O–H groups in total. The van der Waals surface area contributed by atoms with Crippen molar-refractivity contribution in [3.05, 3.63) is 46.3 Å². The van der Waals surface area contributed by atoms with Gasteiger partial charge in [-0.1, -0.05) is 18.2 Å². The fourth-order valence-corrected chi connectivity index (χ4v) is 5.49. The van der Waals surface area contributed by atoms with Crippen LogP contribution in [-0.4, -0.2) is 41.8 Å². The number of likely N-dealkylation sites (tertiary alicyclic amines) is 1. The maximum atomic E-state index is 13.6. The van der Waals surface area contributed by atoms with Gasteiger partial charge in [0.25, 0.3) is 5.91 Å². The van der Waals surface area contributed by atoms with Crippen LogP contribution in [0.15, 0.2) is 30.3 Å². The number of amides is 1. The highest BCUT2D eigenvalue weighted by atomic mass is 32.1. The van der Waals surface area contributed by atoms with Crippen LogP contribution in [0.2, 0.25) is 0 Å². The molecule has 1 saturated heterocycles. The summed E-state index contributed by atoms with van der Waals surface area (Å²) in [5.41, 5.74) is 2.73. The molecule has 1 amide bonds. The first-order chi connectivity index (χ1) is 12.7. The molecule has 1 aromatic heterocycles. The molecule has 1 atom stereocenters. The summed E-state index contributed by atoms with van der Waals surface area (Å²) >= 11 is 6.93. The van der Waals surface area contributed by atoms with Crippen LogP contribution in [0.25, 0.3) is 0 Å². The zero-order valence-corrected chi connectivity index (χ0v) is 15.9. The minimum atomic E-state index is -0.158. The summed E-state index contributed by atoms with van der Waals surface area (Å²) in [6, 6.07) is 9.93. The zero-order chi connectivity index (χ0) is 17.7. The van der Waals surface area contributed by atoms with Crippen molar-refractivity contribution in [3.8, 4) is 0 Å². The molecule has 134 valence electrons. The van der Waals surface area contributed by atoms with E-state index in [0.29, 0.717) is 11.7 Å². The summed E-state index contributed by atoms with van der Waals surface area (Å²) in [6.45, 7) is 2.54. The number of benzene rings is 1. The summed E-state index contributed by atoms with van der Waals surface area (Å²) in [4.78, 5) is 18.8. The van der Waals surface area contributed by atoms with E-state index in [-0.39, 0.29) is 12.2 Å². The van der Waals surface area contributed by atoms with Crippen LogP contribution < -0.4 is 10.2 Å². The first-order valence-corrected chi connectivity index (χ1v) is 10.2. The standard InChI is InChI=1S/C19H19N3O2S2/c23-17-14-13-8-11-24-18(25)15(13)26-16(14)20-19(21-9-4-5-10-21)22(17)12-6-2-1-3-7-12/h1-3,6-7,19-20H,4-5,8-11H2. The molecular weight excluding hydrogens is 366 g/mol. The highest BCUT2D eigenvalue weighted by Gasteiger charge is 2.41. The molecule has 5 rings (SSSR count). The van der Waals surface area contributed by atoms with E-state index in [1.807, 2.05) is 35.2 Å². The zero-order valence-electron chi connectivity index (χ0n) is 14.2. The second-order valence-electron chi connectivity index (χ2n) is 6.77. The minimum Gasteiger partial charge on any atom is -0.482 e. The minimum absolute atomic E-state index is 0.0593. The van der Waals surface area contributed by atoms with E-state index >= 15 is 0 Å². The fraction of sp³-hybridized carbons (Fsp3) is 0.368. The lowest BCUT2D eigenvalue weighted by Crippen LogP contribution is -2.57. The van der Waals surface area contributed by atoms with Gasteiger partial charge in [0, 0.05) is 25.2 Å². The number of rotatable bonds is 2. The predicted molar refractivity (Wildman–Crippen MR) is 107 cm³/mol. The Labute approximate surface area is 161 Å². The lowest BCUT2D eigenvalue weighted by atomic mass is 10.0. The van der Waals surface area contributed by atoms with Crippen molar-refractivity contribution in [3.63, 3.8) is 0 Å². The van der Waals surface area contributed by atoms with Crippen LogP contribution >= 0.6 is 23.6 Å². The molecule has 26 heavy (non-hydrogen) atoms. The third-order valence-corrected chi connectivity index (χ3v) is 6.85. The number of nitrogens with one attached hydrogen (secondary N) is 1. The lowest BCUT2D eigenvalue weighted by molar-refractivity contribution is 0.0939. The van der Waals surface area contributed by atoms with Crippen LogP contribution in [0.3, 0.4) is 0 Å². The number of thiocarbonyl (C=S) groups is 1. The van der Waals surface area contributed by atoms with E-state index in [1.54, 1.807) is 11.3 Å². The fourth-order valence-electron chi connectivity index (χ4n) is 4.01. The molecule has 1 unspecified atom stereocenters. The molecule has 0 radical (unpaired) electrons. The van der Waals surface area contributed by atoms with Crippen molar-refractivity contribution < 1.29 is 9.53 Å². The van der Waals surface area contributed by atoms with Gasteiger partial charge in [0.1, 0.15) is 5.00 Å². The molecule has 1 aromatic carbocycles. The summed E-state index contributed by atoms with van der Waals surface area (Å²) in [5, 5.41) is 5.08. The first-order valence-electron chi connectivity index (χ1n) is 8.96. The SMILES string of the molecule is O=C1c2c(sc3c2CCOC3=S)NC(N2CCCC2)N1c1ccccc1. The van der Waals surface area contributed by atoms with Gasteiger partial charge in [0.15, 0.2) is 6.29 Å². The van der Waals surface area contributed by atoms with E-state index < -0.39 is 0 Å². The number of carbonyl (C=O) groups excluding carboxylic acids is 1. The number of hydrogen-bond acceptors (Lipinski definition) is 6. The molecule has 1 fully saturated rings. The molecule has 3 aliphatic heterocycles. The van der Waals surface area contributed by atoms with Crippen molar-refractivity contribution in [2.75, 3.05) is 29.9 Å². The van der Waals surface area contributed by atoms with Gasteiger partial charge in [-0.2, -0.15) is 0 Å². The topological polar surface area (TPSA) is 44.8 Å². The van der Waals surface area contributed by atoms with Gasteiger partial charge < -0.3 is 10.1 Å². The van der Waals surface area contributed by atoms with Crippen molar-refractivity contribution in [2.24, 2.45) is 0 Å². The second-order valence-corrected chi connectivity index (χ2v) is 8.16. The molecule has 0 bridgehead atoms. The molecular formula is C19H19N3O2S2. The predicted octanol–water partition coefficient (Wildman–Crippen LogP) is 3.45. The Hall–Kier alpha value is -1.96. The largest absolute Gasteiger partial charge is 0.482 e. The summed E-state index contributed by atoms with van der Waals surface area (Å²) in [7, 11) is 0. The van der Waals surface area contributed by atoms with Gasteiger partial charge in [-0.05, 0) is 42.8 Å². The summed E-state index contributed by atoms with van der Waals surface area (Å²) < 4.78 is 5.53. The van der Waals surface area contributed by atoms with Crippen LogP contribution in [0.1, 0.15) is 33.6 Å². The molecule has 5 nitrogen and oxygen atoms in total. The number of fused-ring (bicyclic) bond motifs is 3. The number of para-hydroxylation sites is 1. The van der Waals surface area contributed by atoms with Crippen molar-refractivity contribution in [1.29, 1.82) is 0 Å². The third-order valence-electron chi connectivity index (χ3n) is 5.24. The number of ether oxygens (including phenoxy) is 1. The van der Waals surface area contributed by atoms with Gasteiger partial charge in [-0.25, -0.2) is 0 Å². The third kappa shape index (κ3) is 2.46. The van der Waals surface area contributed by atoms with E-state index in [4.69, 9.17) is 17.0 Å². The van der Waals surface area contributed by atoms with Gasteiger partial charge in [-0.3, -0.25) is 14.6 Å². The average Bonchev–Trinajstić information content (AvgIpc) is 3.30. The lowest BCUT2D eigenvalue weighted by Gasteiger charge is -2.41. The monoisotopic (exact) mass is 385 g/mol. The van der Waals surface area contributed by atoms with Crippen molar-refractivity contribution in [2.45, 2.75) is 25.6 Å². The molecule has 7 heteroatoms. The van der Waals surface area contributed by atoms with Gasteiger partial charge in [0.2, 0.25) is 5.05 Å². The average molecular weight is 386 g/mol. The van der Waals surface area contributed by atoms with Gasteiger partial charge >= 0.3 is 0 Å². The first kappa shape index (κ1) is 16.2. The van der Waals surface area contributed by atoms with Crippen molar-refractivity contribution >= 4 is 45.2 Å². The Kier molecular flexibility index (Phi) is 3.95. The van der Waals surface area contributed by atoms with Crippen molar-refractivity contribution in [1.82, 2.24) is 4.90 Å². The number of anilines is 2. The van der Waals surface area contributed by atoms with Gasteiger partial charge in [-0.15, -0.1) is 11.3 Å². The number of hydrogen-bond donors (Lipinski definition) is 1. The van der Waals surface area contributed by atoms with Crippen LogP contribution in [-0.2, 0) is 11.2 Å². The Bertz CT molecular complexity index is 874. The molecule has 0 spiro atoms. The normalized spacial score (nSPS) is 22.6. The van der Waals surface area contributed by atoms with E-state index in [0.717, 1.165) is 46.2 Å². The van der Waals surface area contributed by atoms with Crippen LogP contribution in [0.5, 0.6) is 0 Å². The number of carbonyl (C=O) groups is 1. The highest BCUT2D eigenvalue weighted by molar-refractivity contribution is 7.80. The Morgan fingerprint density at radius 2 is 1.96 bits per heavy atom. The quantitative estimate of drug-likeness (QED) is 0.803. The summed E-state index contributed by atoms with van der Waals surface area (Å²) in [6.07, 6.45) is 2.90. The maximum absolute atomic E-state index is 13.6. The van der Waals surface area contributed by atoms with E-state index in [2.05, 4.69) is 10.2 Å². The Morgan fingerprint density at radius 1 is 1.19 bits per heavy atom. The van der Waals surface area contributed by atoms with Crippen LogP contribution in [0, 0.1) is 0 Å². The highest BCUT2D eigenvalue weighted by Crippen LogP contribution is 2.42. The summed E-state index contributed by atoms with van der Waals surface area (Å²) in [5.74, 6) is 0.0593. The molecule has 0 saturated carbocycles. The molecule has 3 aliphatic rings. The Balaban J connectivity index is 1.64. The van der Waals surface area contributed by atoms with E-state index in [9.17, 15) is 4.79 Å².